The van der Waals surface area contributed by atoms with Gasteiger partial charge in [0.1, 0.15) is 6.10 Å². The number of carbonyl (C=O) groups excluding carboxylic acids is 1. The monoisotopic (exact) mass is 369 g/mol. The van der Waals surface area contributed by atoms with Gasteiger partial charge >= 0.3 is 0 Å². The molecule has 0 unspecified atom stereocenters. The van der Waals surface area contributed by atoms with E-state index in [9.17, 15) is 4.79 Å². The molecule has 27 heavy (non-hydrogen) atoms. The maximum Gasteiger partial charge on any atom is 0.251 e. The molecule has 0 radical (unpaired) electrons. The SMILES string of the molecule is CCCCOc1ccc(C(=O)NC[C@@H]2OCCc3ccccc32)cc1OC. The number of amides is 1. The topological polar surface area (TPSA) is 56.8 Å². The molecule has 0 bridgehead atoms. The Morgan fingerprint density at radius 1 is 1.22 bits per heavy atom. The lowest BCUT2D eigenvalue weighted by molar-refractivity contribution is 0.0411. The lowest BCUT2D eigenvalue weighted by Crippen LogP contribution is -2.31. The highest BCUT2D eigenvalue weighted by atomic mass is 16.5. The molecule has 0 aliphatic carbocycles. The molecule has 1 aliphatic heterocycles. The van der Waals surface area contributed by atoms with Crippen LogP contribution in [0.3, 0.4) is 0 Å². The van der Waals surface area contributed by atoms with Crippen LogP contribution in [0.4, 0.5) is 0 Å². The summed E-state index contributed by atoms with van der Waals surface area (Å²) < 4.78 is 16.9. The van der Waals surface area contributed by atoms with Gasteiger partial charge in [0.2, 0.25) is 0 Å². The molecule has 2 aromatic carbocycles. The zero-order chi connectivity index (χ0) is 19.1. The van der Waals surface area contributed by atoms with Crippen molar-refractivity contribution in [1.82, 2.24) is 5.32 Å². The number of methoxy groups -OCH3 is 1. The van der Waals surface area contributed by atoms with Gasteiger partial charge in [0, 0.05) is 12.1 Å². The van der Waals surface area contributed by atoms with E-state index in [0.717, 1.165) is 24.8 Å². The lowest BCUT2D eigenvalue weighted by atomic mass is 9.97. The van der Waals surface area contributed by atoms with Gasteiger partial charge in [-0.1, -0.05) is 37.6 Å². The Hall–Kier alpha value is -2.53. The van der Waals surface area contributed by atoms with Crippen LogP contribution in [-0.4, -0.2) is 32.8 Å². The average molecular weight is 369 g/mol. The summed E-state index contributed by atoms with van der Waals surface area (Å²) >= 11 is 0. The molecule has 1 aliphatic rings. The van der Waals surface area contributed by atoms with Crippen LogP contribution in [0.5, 0.6) is 11.5 Å². The normalized spacial score (nSPS) is 15.7. The molecular weight excluding hydrogens is 342 g/mol. The van der Waals surface area contributed by atoms with Crippen LogP contribution in [0.15, 0.2) is 42.5 Å². The first-order valence-electron chi connectivity index (χ1n) is 9.51. The lowest BCUT2D eigenvalue weighted by Gasteiger charge is -2.26. The van der Waals surface area contributed by atoms with Gasteiger partial charge in [-0.2, -0.15) is 0 Å². The molecule has 0 fully saturated rings. The molecule has 0 aromatic heterocycles. The molecule has 0 spiro atoms. The van der Waals surface area contributed by atoms with E-state index >= 15 is 0 Å². The fourth-order valence-electron chi connectivity index (χ4n) is 3.19. The predicted octanol–water partition coefficient (Wildman–Crippen LogP) is 3.92. The number of fused-ring (bicyclic) bond motifs is 1. The van der Waals surface area contributed by atoms with E-state index in [0.29, 0.717) is 36.8 Å². The Kier molecular flexibility index (Phi) is 6.71. The highest BCUT2D eigenvalue weighted by Crippen LogP contribution is 2.29. The number of ether oxygens (including phenoxy) is 3. The zero-order valence-corrected chi connectivity index (χ0v) is 16.0. The number of rotatable bonds is 8. The van der Waals surface area contributed by atoms with Gasteiger partial charge in [0.05, 0.1) is 20.3 Å². The van der Waals surface area contributed by atoms with E-state index in [1.54, 1.807) is 25.3 Å². The third-order valence-corrected chi connectivity index (χ3v) is 4.72. The standard InChI is InChI=1S/C22H27NO4/c1-3-4-12-26-19-10-9-17(14-20(19)25-2)22(24)23-15-21-18-8-6-5-7-16(18)11-13-27-21/h5-10,14,21H,3-4,11-13,15H2,1-2H3,(H,23,24)/t21-/m0/s1. The number of hydrogen-bond donors (Lipinski definition) is 1. The van der Waals surface area contributed by atoms with E-state index in [-0.39, 0.29) is 12.0 Å². The smallest absolute Gasteiger partial charge is 0.251 e. The summed E-state index contributed by atoms with van der Waals surface area (Å²) in [5, 5.41) is 2.97. The first kappa shape index (κ1) is 19.2. The highest BCUT2D eigenvalue weighted by Gasteiger charge is 2.21. The molecule has 1 heterocycles. The average Bonchev–Trinajstić information content (AvgIpc) is 2.72. The van der Waals surface area contributed by atoms with Crippen molar-refractivity contribution in [3.05, 3.63) is 59.2 Å². The minimum atomic E-state index is -0.153. The maximum absolute atomic E-state index is 12.6. The molecule has 2 aromatic rings. The van der Waals surface area contributed by atoms with Crippen molar-refractivity contribution in [2.75, 3.05) is 26.9 Å². The quantitative estimate of drug-likeness (QED) is 0.717. The van der Waals surface area contributed by atoms with Gasteiger partial charge in [-0.25, -0.2) is 0 Å². The van der Waals surface area contributed by atoms with Gasteiger partial charge in [-0.3, -0.25) is 4.79 Å². The van der Waals surface area contributed by atoms with E-state index in [1.165, 1.54) is 5.56 Å². The number of unbranched alkanes of at least 4 members (excludes halogenated alkanes) is 1. The minimum Gasteiger partial charge on any atom is -0.493 e. The molecule has 3 rings (SSSR count). The van der Waals surface area contributed by atoms with Crippen molar-refractivity contribution in [2.45, 2.75) is 32.3 Å². The Morgan fingerprint density at radius 2 is 2.07 bits per heavy atom. The summed E-state index contributed by atoms with van der Waals surface area (Å²) in [4.78, 5) is 12.6. The van der Waals surface area contributed by atoms with Crippen LogP contribution in [0, 0.1) is 0 Å². The van der Waals surface area contributed by atoms with Crippen LogP contribution in [0.1, 0.15) is 47.4 Å². The highest BCUT2D eigenvalue weighted by molar-refractivity contribution is 5.94. The number of hydrogen-bond acceptors (Lipinski definition) is 4. The van der Waals surface area contributed by atoms with Crippen LogP contribution >= 0.6 is 0 Å². The zero-order valence-electron chi connectivity index (χ0n) is 16.0. The number of carbonyl (C=O) groups is 1. The molecule has 1 N–H and O–H groups in total. The van der Waals surface area contributed by atoms with Crippen molar-refractivity contribution in [3.63, 3.8) is 0 Å². The van der Waals surface area contributed by atoms with Crippen molar-refractivity contribution < 1.29 is 19.0 Å². The second kappa shape index (κ2) is 9.42. The van der Waals surface area contributed by atoms with Crippen LogP contribution in [0.2, 0.25) is 0 Å². The molecule has 1 amide bonds. The molecule has 1 atom stereocenters. The Balaban J connectivity index is 1.63. The van der Waals surface area contributed by atoms with E-state index < -0.39 is 0 Å². The largest absolute Gasteiger partial charge is 0.493 e. The molecule has 0 saturated carbocycles. The summed E-state index contributed by atoms with van der Waals surface area (Å²) in [5.74, 6) is 1.07. The van der Waals surface area contributed by atoms with Crippen LogP contribution < -0.4 is 14.8 Å². The first-order chi connectivity index (χ1) is 13.2. The van der Waals surface area contributed by atoms with E-state index in [2.05, 4.69) is 24.4 Å². The van der Waals surface area contributed by atoms with Gasteiger partial charge in [0.25, 0.3) is 5.91 Å². The van der Waals surface area contributed by atoms with Crippen molar-refractivity contribution in [1.29, 1.82) is 0 Å². The predicted molar refractivity (Wildman–Crippen MR) is 105 cm³/mol. The Labute approximate surface area is 160 Å². The molecule has 144 valence electrons. The third-order valence-electron chi connectivity index (χ3n) is 4.72. The fourth-order valence-corrected chi connectivity index (χ4v) is 3.19. The third kappa shape index (κ3) is 4.80. The number of nitrogens with one attached hydrogen (secondary N) is 1. The Bertz CT molecular complexity index is 775. The Morgan fingerprint density at radius 3 is 2.89 bits per heavy atom. The summed E-state index contributed by atoms with van der Waals surface area (Å²) in [7, 11) is 1.58. The summed E-state index contributed by atoms with van der Waals surface area (Å²) in [6.45, 7) is 3.86. The van der Waals surface area contributed by atoms with Gasteiger partial charge in [0.15, 0.2) is 11.5 Å². The van der Waals surface area contributed by atoms with Gasteiger partial charge < -0.3 is 19.5 Å². The summed E-state index contributed by atoms with van der Waals surface area (Å²) in [5.41, 5.74) is 2.98. The van der Waals surface area contributed by atoms with E-state index in [1.807, 2.05) is 12.1 Å². The van der Waals surface area contributed by atoms with E-state index in [4.69, 9.17) is 14.2 Å². The van der Waals surface area contributed by atoms with Crippen molar-refractivity contribution in [2.24, 2.45) is 0 Å². The summed E-state index contributed by atoms with van der Waals surface area (Å²) in [6, 6.07) is 13.5. The maximum atomic E-state index is 12.6. The fraction of sp³-hybridized carbons (Fsp3) is 0.409. The van der Waals surface area contributed by atoms with Gasteiger partial charge in [-0.05, 0) is 42.2 Å². The van der Waals surface area contributed by atoms with Crippen molar-refractivity contribution >= 4 is 5.91 Å². The molecule has 5 nitrogen and oxygen atoms in total. The summed E-state index contributed by atoms with van der Waals surface area (Å²) in [6.07, 6.45) is 2.85. The molecule has 5 heteroatoms. The van der Waals surface area contributed by atoms with Crippen LogP contribution in [-0.2, 0) is 11.2 Å². The van der Waals surface area contributed by atoms with Crippen molar-refractivity contribution in [3.8, 4) is 11.5 Å². The minimum absolute atomic E-state index is 0.113. The number of benzene rings is 2. The second-order valence-electron chi connectivity index (χ2n) is 6.59. The second-order valence-corrected chi connectivity index (χ2v) is 6.59. The molecular formula is C22H27NO4. The first-order valence-corrected chi connectivity index (χ1v) is 9.51. The molecule has 0 saturated heterocycles. The van der Waals surface area contributed by atoms with Crippen LogP contribution in [0.25, 0.3) is 0 Å². The van der Waals surface area contributed by atoms with Gasteiger partial charge in [-0.15, -0.1) is 0 Å².